The van der Waals surface area contributed by atoms with Crippen LogP contribution in [0, 0.1) is 0 Å². The predicted molar refractivity (Wildman–Crippen MR) is 155 cm³/mol. The number of amides is 2. The highest BCUT2D eigenvalue weighted by atomic mass is 32.1. The first-order chi connectivity index (χ1) is 19.9. The largest absolute Gasteiger partial charge is 0.437 e. The Labute approximate surface area is 244 Å². The van der Waals surface area contributed by atoms with Crippen LogP contribution in [0.15, 0.2) is 48.8 Å². The number of anilines is 2. The number of nitrogens with one attached hydrogen (secondary N) is 2. The van der Waals surface area contributed by atoms with Crippen molar-refractivity contribution < 1.29 is 27.5 Å². The SMILES string of the molecule is CC(=O)Nc1nc2c(Oc3cc(-c4ccc(C(F)(F)F)cc4NC(=O)[C@@H]4CC[C@H](C)N4C(C)C)ncn3)cccc2s1. The van der Waals surface area contributed by atoms with Crippen molar-refractivity contribution in [2.45, 2.75) is 64.8 Å². The molecule has 42 heavy (non-hydrogen) atoms. The lowest BCUT2D eigenvalue weighted by Gasteiger charge is -2.31. The molecule has 2 aromatic heterocycles. The van der Waals surface area contributed by atoms with Crippen LogP contribution in [0.3, 0.4) is 0 Å². The summed E-state index contributed by atoms with van der Waals surface area (Å²) in [6, 6.07) is 9.74. The normalized spacial score (nSPS) is 17.5. The van der Waals surface area contributed by atoms with E-state index >= 15 is 0 Å². The molecular weight excluding hydrogens is 569 g/mol. The third-order valence-electron chi connectivity index (χ3n) is 7.03. The van der Waals surface area contributed by atoms with Crippen LogP contribution < -0.4 is 15.4 Å². The van der Waals surface area contributed by atoms with Crippen molar-refractivity contribution in [3.05, 3.63) is 54.4 Å². The van der Waals surface area contributed by atoms with Crippen LogP contribution in [-0.2, 0) is 15.8 Å². The molecule has 1 aliphatic rings. The van der Waals surface area contributed by atoms with Crippen molar-refractivity contribution in [2.24, 2.45) is 0 Å². The lowest BCUT2D eigenvalue weighted by Crippen LogP contribution is -2.46. The van der Waals surface area contributed by atoms with Crippen LogP contribution in [0.5, 0.6) is 11.6 Å². The van der Waals surface area contributed by atoms with Crippen LogP contribution in [0.4, 0.5) is 24.0 Å². The van der Waals surface area contributed by atoms with Crippen LogP contribution in [0.1, 0.15) is 46.1 Å². The molecule has 1 fully saturated rings. The van der Waals surface area contributed by atoms with E-state index in [4.69, 9.17) is 4.74 Å². The lowest BCUT2D eigenvalue weighted by molar-refractivity contribution is -0.137. The number of nitrogens with zero attached hydrogens (tertiary/aromatic N) is 4. The molecule has 0 saturated carbocycles. The molecule has 13 heteroatoms. The first-order valence-electron chi connectivity index (χ1n) is 13.4. The summed E-state index contributed by atoms with van der Waals surface area (Å²) in [6.07, 6.45) is -1.95. The quantitative estimate of drug-likeness (QED) is 0.243. The Balaban J connectivity index is 1.48. The zero-order valence-corrected chi connectivity index (χ0v) is 24.1. The van der Waals surface area contributed by atoms with E-state index in [0.29, 0.717) is 22.8 Å². The number of rotatable bonds is 7. The Hall–Kier alpha value is -4.10. The number of benzene rings is 2. The number of aromatic nitrogens is 3. The maximum absolute atomic E-state index is 13.7. The number of carbonyl (C=O) groups is 2. The summed E-state index contributed by atoms with van der Waals surface area (Å²) in [7, 11) is 0. The summed E-state index contributed by atoms with van der Waals surface area (Å²) in [4.78, 5) is 39.8. The third kappa shape index (κ3) is 6.21. The van der Waals surface area contributed by atoms with E-state index in [2.05, 4.69) is 30.5 Å². The molecular formula is C29H29F3N6O3S. The van der Waals surface area contributed by atoms with Gasteiger partial charge < -0.3 is 15.4 Å². The molecule has 2 atom stereocenters. The summed E-state index contributed by atoms with van der Waals surface area (Å²) in [5.74, 6) is -0.135. The lowest BCUT2D eigenvalue weighted by atomic mass is 10.0. The Morgan fingerprint density at radius 3 is 2.60 bits per heavy atom. The summed E-state index contributed by atoms with van der Waals surface area (Å²) in [6.45, 7) is 7.41. The summed E-state index contributed by atoms with van der Waals surface area (Å²) in [5, 5.41) is 5.82. The van der Waals surface area contributed by atoms with Gasteiger partial charge in [0.15, 0.2) is 10.9 Å². The minimum Gasteiger partial charge on any atom is -0.437 e. The topological polar surface area (TPSA) is 109 Å². The molecule has 0 spiro atoms. The number of carbonyl (C=O) groups excluding carboxylic acids is 2. The van der Waals surface area contributed by atoms with Gasteiger partial charge in [0, 0.05) is 30.6 Å². The second-order valence-electron chi connectivity index (χ2n) is 10.4. The fourth-order valence-electron chi connectivity index (χ4n) is 5.27. The third-order valence-corrected chi connectivity index (χ3v) is 7.96. The average Bonchev–Trinajstić information content (AvgIpc) is 3.51. The van der Waals surface area contributed by atoms with Crippen LogP contribution in [0.2, 0.25) is 0 Å². The number of likely N-dealkylation sites (tertiary alicyclic amines) is 1. The van der Waals surface area contributed by atoms with Gasteiger partial charge in [-0.05, 0) is 57.9 Å². The molecule has 5 rings (SSSR count). The van der Waals surface area contributed by atoms with E-state index in [1.54, 1.807) is 12.1 Å². The van der Waals surface area contributed by atoms with Crippen LogP contribution >= 0.6 is 11.3 Å². The molecule has 1 aliphatic heterocycles. The van der Waals surface area contributed by atoms with Crippen LogP contribution in [0.25, 0.3) is 21.5 Å². The van der Waals surface area contributed by atoms with Gasteiger partial charge >= 0.3 is 6.18 Å². The second-order valence-corrected chi connectivity index (χ2v) is 11.4. The van der Waals surface area contributed by atoms with E-state index in [1.165, 1.54) is 36.7 Å². The summed E-state index contributed by atoms with van der Waals surface area (Å²) < 4.78 is 47.8. The Morgan fingerprint density at radius 1 is 1.10 bits per heavy atom. The Bertz CT molecular complexity index is 1640. The fourth-order valence-corrected chi connectivity index (χ4v) is 6.20. The minimum atomic E-state index is -4.61. The number of hydrogen-bond donors (Lipinski definition) is 2. The minimum absolute atomic E-state index is 0.00992. The number of hydrogen-bond acceptors (Lipinski definition) is 8. The van der Waals surface area contributed by atoms with Gasteiger partial charge in [0.1, 0.15) is 11.8 Å². The number of para-hydroxylation sites is 1. The number of thiazole rings is 1. The fraction of sp³-hybridized carbons (Fsp3) is 0.345. The molecule has 9 nitrogen and oxygen atoms in total. The molecule has 2 amide bonds. The van der Waals surface area contributed by atoms with Gasteiger partial charge in [-0.25, -0.2) is 15.0 Å². The van der Waals surface area contributed by atoms with E-state index in [1.807, 2.05) is 26.8 Å². The van der Waals surface area contributed by atoms with Crippen molar-refractivity contribution in [3.8, 4) is 22.9 Å². The highest BCUT2D eigenvalue weighted by molar-refractivity contribution is 7.22. The average molecular weight is 599 g/mol. The number of halogens is 3. The molecule has 2 aromatic carbocycles. The molecule has 4 aromatic rings. The van der Waals surface area contributed by atoms with Gasteiger partial charge in [0.05, 0.1) is 27.7 Å². The zero-order valence-electron chi connectivity index (χ0n) is 23.3. The van der Waals surface area contributed by atoms with Crippen molar-refractivity contribution in [1.29, 1.82) is 0 Å². The Morgan fingerprint density at radius 2 is 1.88 bits per heavy atom. The van der Waals surface area contributed by atoms with Gasteiger partial charge in [0.2, 0.25) is 17.7 Å². The summed E-state index contributed by atoms with van der Waals surface area (Å²) in [5.41, 5.74) is 0.149. The van der Waals surface area contributed by atoms with Crippen molar-refractivity contribution in [2.75, 3.05) is 10.6 Å². The number of fused-ring (bicyclic) bond motifs is 1. The smallest absolute Gasteiger partial charge is 0.416 e. The van der Waals surface area contributed by atoms with Gasteiger partial charge in [-0.3, -0.25) is 14.5 Å². The summed E-state index contributed by atoms with van der Waals surface area (Å²) >= 11 is 1.28. The molecule has 0 aliphatic carbocycles. The van der Waals surface area contributed by atoms with Gasteiger partial charge in [0.25, 0.3) is 0 Å². The highest BCUT2D eigenvalue weighted by Crippen LogP contribution is 2.38. The molecule has 1 saturated heterocycles. The molecule has 0 bridgehead atoms. The van der Waals surface area contributed by atoms with Gasteiger partial charge in [-0.15, -0.1) is 0 Å². The van der Waals surface area contributed by atoms with E-state index in [-0.39, 0.29) is 46.7 Å². The van der Waals surface area contributed by atoms with Crippen LogP contribution in [-0.4, -0.2) is 49.8 Å². The number of ether oxygens (including phenoxy) is 1. The molecule has 0 unspecified atom stereocenters. The van der Waals surface area contributed by atoms with E-state index in [9.17, 15) is 22.8 Å². The second kappa shape index (κ2) is 11.6. The Kier molecular flexibility index (Phi) is 8.15. The molecule has 3 heterocycles. The highest BCUT2D eigenvalue weighted by Gasteiger charge is 2.38. The predicted octanol–water partition coefficient (Wildman–Crippen LogP) is 6.72. The zero-order chi connectivity index (χ0) is 30.2. The van der Waals surface area contributed by atoms with Gasteiger partial charge in [-0.2, -0.15) is 13.2 Å². The molecule has 220 valence electrons. The monoisotopic (exact) mass is 598 g/mol. The number of alkyl halides is 3. The maximum Gasteiger partial charge on any atom is 0.416 e. The van der Waals surface area contributed by atoms with Crippen molar-refractivity contribution in [1.82, 2.24) is 19.9 Å². The van der Waals surface area contributed by atoms with E-state index < -0.39 is 17.8 Å². The van der Waals surface area contributed by atoms with Gasteiger partial charge in [-0.1, -0.05) is 23.5 Å². The van der Waals surface area contributed by atoms with Crippen molar-refractivity contribution in [3.63, 3.8) is 0 Å². The first kappa shape index (κ1) is 29.4. The maximum atomic E-state index is 13.7. The standard InChI is InChI=1S/C29H29F3N6O3S/c1-15(2)38-16(3)8-11-22(38)27(40)36-21-12-18(29(30,31)32)9-10-19(21)20-13-25(34-14-33-20)41-23-6-5-7-24-26(23)37-28(42-24)35-17(4)39/h5-7,9-10,12-16,22H,8,11H2,1-4H3,(H,36,40)(H,35,37,39)/t16-,22-/m0/s1. The van der Waals surface area contributed by atoms with Crippen molar-refractivity contribution >= 4 is 44.2 Å². The molecule has 2 N–H and O–H groups in total. The molecule has 0 radical (unpaired) electrons. The van der Waals surface area contributed by atoms with E-state index in [0.717, 1.165) is 23.3 Å². The first-order valence-corrected chi connectivity index (χ1v) is 14.2.